The van der Waals surface area contributed by atoms with Crippen molar-refractivity contribution >= 4 is 17.0 Å². The molecule has 1 saturated carbocycles. The Labute approximate surface area is 100 Å². The van der Waals surface area contributed by atoms with Crippen molar-refractivity contribution in [3.8, 4) is 5.75 Å². The van der Waals surface area contributed by atoms with Crippen LogP contribution >= 0.6 is 0 Å². The van der Waals surface area contributed by atoms with Crippen LogP contribution in [0.5, 0.6) is 5.75 Å². The Kier molecular flexibility index (Phi) is 2.42. The number of aryl methyl sites for hydroxylation is 1. The highest BCUT2D eigenvalue weighted by molar-refractivity contribution is 5.79. The summed E-state index contributed by atoms with van der Waals surface area (Å²) in [4.78, 5) is 4.37. The fourth-order valence-corrected chi connectivity index (χ4v) is 2.20. The van der Waals surface area contributed by atoms with Crippen LogP contribution in [0.3, 0.4) is 0 Å². The molecule has 1 aromatic heterocycles. The molecule has 4 heteroatoms. The molecule has 0 spiro atoms. The molecule has 0 unspecified atom stereocenters. The van der Waals surface area contributed by atoms with Crippen molar-refractivity contribution in [3.63, 3.8) is 0 Å². The smallest absolute Gasteiger partial charge is 0.201 e. The van der Waals surface area contributed by atoms with Gasteiger partial charge in [-0.15, -0.1) is 0 Å². The summed E-state index contributed by atoms with van der Waals surface area (Å²) >= 11 is 0. The third-order valence-electron chi connectivity index (χ3n) is 3.44. The van der Waals surface area contributed by atoms with Gasteiger partial charge in [-0.3, -0.25) is 0 Å². The fraction of sp³-hybridized carbons (Fsp3) is 0.462. The minimum Gasteiger partial charge on any atom is -0.497 e. The third kappa shape index (κ3) is 1.95. The molecule has 17 heavy (non-hydrogen) atoms. The number of aromatic nitrogens is 2. The van der Waals surface area contributed by atoms with Crippen LogP contribution < -0.4 is 10.5 Å². The summed E-state index contributed by atoms with van der Waals surface area (Å²) in [7, 11) is 1.68. The quantitative estimate of drug-likeness (QED) is 0.879. The molecule has 1 fully saturated rings. The highest BCUT2D eigenvalue weighted by Gasteiger charge is 2.21. The summed E-state index contributed by atoms with van der Waals surface area (Å²) in [5, 5.41) is 0. The predicted molar refractivity (Wildman–Crippen MR) is 68.0 cm³/mol. The molecule has 3 rings (SSSR count). The van der Waals surface area contributed by atoms with E-state index in [2.05, 4.69) is 9.55 Å². The maximum atomic E-state index is 5.96. The van der Waals surface area contributed by atoms with E-state index in [1.807, 2.05) is 18.2 Å². The second kappa shape index (κ2) is 3.95. The number of benzene rings is 1. The Balaban J connectivity index is 1.97. The van der Waals surface area contributed by atoms with Gasteiger partial charge >= 0.3 is 0 Å². The number of anilines is 1. The Bertz CT molecular complexity index is 543. The normalized spacial score (nSPS) is 15.4. The van der Waals surface area contributed by atoms with Crippen LogP contribution in [-0.4, -0.2) is 16.7 Å². The van der Waals surface area contributed by atoms with E-state index in [-0.39, 0.29) is 0 Å². The van der Waals surface area contributed by atoms with Crippen molar-refractivity contribution in [1.29, 1.82) is 0 Å². The van der Waals surface area contributed by atoms with Crippen LogP contribution in [0.4, 0.5) is 5.95 Å². The van der Waals surface area contributed by atoms with E-state index in [0.29, 0.717) is 5.95 Å². The van der Waals surface area contributed by atoms with Gasteiger partial charge in [0.1, 0.15) is 5.75 Å². The lowest BCUT2D eigenvalue weighted by molar-refractivity contribution is 0.415. The second-order valence-electron chi connectivity index (χ2n) is 4.71. The van der Waals surface area contributed by atoms with Gasteiger partial charge in [-0.2, -0.15) is 0 Å². The summed E-state index contributed by atoms with van der Waals surface area (Å²) in [6, 6.07) is 5.88. The molecule has 0 amide bonds. The number of nitrogens with two attached hydrogens (primary N) is 1. The van der Waals surface area contributed by atoms with Crippen molar-refractivity contribution < 1.29 is 4.74 Å². The van der Waals surface area contributed by atoms with Crippen LogP contribution in [-0.2, 0) is 6.54 Å². The van der Waals surface area contributed by atoms with Gasteiger partial charge in [-0.05, 0) is 24.5 Å². The summed E-state index contributed by atoms with van der Waals surface area (Å²) in [6.07, 6.45) is 3.94. The molecule has 0 bridgehead atoms. The average molecular weight is 231 g/mol. The molecular formula is C13H17N3O. The molecule has 4 nitrogen and oxygen atoms in total. The van der Waals surface area contributed by atoms with Gasteiger partial charge in [0.05, 0.1) is 18.1 Å². The largest absolute Gasteiger partial charge is 0.497 e. The number of nitrogen functional groups attached to an aromatic ring is 1. The zero-order valence-corrected chi connectivity index (χ0v) is 10.0. The molecule has 0 radical (unpaired) electrons. The van der Waals surface area contributed by atoms with Gasteiger partial charge in [-0.1, -0.05) is 12.8 Å². The number of hydrogen-bond donors (Lipinski definition) is 1. The molecule has 90 valence electrons. The SMILES string of the molecule is COc1ccc2nc(N)n(CCC3CC3)c2c1. The molecule has 0 saturated heterocycles. The van der Waals surface area contributed by atoms with Gasteiger partial charge in [0.15, 0.2) is 0 Å². The third-order valence-corrected chi connectivity index (χ3v) is 3.44. The second-order valence-corrected chi connectivity index (χ2v) is 4.71. The first kappa shape index (κ1) is 10.4. The number of imidazole rings is 1. The molecule has 2 N–H and O–H groups in total. The van der Waals surface area contributed by atoms with E-state index >= 15 is 0 Å². The zero-order chi connectivity index (χ0) is 11.8. The number of rotatable bonds is 4. The highest BCUT2D eigenvalue weighted by atomic mass is 16.5. The van der Waals surface area contributed by atoms with E-state index in [1.165, 1.54) is 19.3 Å². The molecule has 1 heterocycles. The van der Waals surface area contributed by atoms with Crippen molar-refractivity contribution in [2.75, 3.05) is 12.8 Å². The minimum atomic E-state index is 0.605. The Morgan fingerprint density at radius 1 is 1.47 bits per heavy atom. The average Bonchev–Trinajstić information content (AvgIpc) is 3.10. The molecule has 1 aliphatic rings. The van der Waals surface area contributed by atoms with Gasteiger partial charge < -0.3 is 15.0 Å². The van der Waals surface area contributed by atoms with E-state index in [1.54, 1.807) is 7.11 Å². The molecule has 1 aromatic carbocycles. The summed E-state index contributed by atoms with van der Waals surface area (Å²) in [5.74, 6) is 2.36. The molecule has 0 aliphatic heterocycles. The predicted octanol–water partition coefficient (Wildman–Crippen LogP) is 2.43. The van der Waals surface area contributed by atoms with Crippen LogP contribution in [0, 0.1) is 5.92 Å². The maximum absolute atomic E-state index is 5.96. The van der Waals surface area contributed by atoms with Gasteiger partial charge in [0, 0.05) is 12.6 Å². The lowest BCUT2D eigenvalue weighted by Gasteiger charge is -2.06. The van der Waals surface area contributed by atoms with Gasteiger partial charge in [0.25, 0.3) is 0 Å². The lowest BCUT2D eigenvalue weighted by atomic mass is 10.2. The standard InChI is InChI=1S/C13H17N3O/c1-17-10-4-5-11-12(8-10)16(13(14)15-11)7-6-9-2-3-9/h4-5,8-9H,2-3,6-7H2,1H3,(H2,14,15). The van der Waals surface area contributed by atoms with Crippen LogP contribution in [0.25, 0.3) is 11.0 Å². The monoisotopic (exact) mass is 231 g/mol. The summed E-state index contributed by atoms with van der Waals surface area (Å²) in [6.45, 7) is 0.958. The Hall–Kier alpha value is -1.71. The van der Waals surface area contributed by atoms with E-state index < -0.39 is 0 Å². The summed E-state index contributed by atoms with van der Waals surface area (Å²) in [5.41, 5.74) is 7.98. The Morgan fingerprint density at radius 3 is 3.00 bits per heavy atom. The number of ether oxygens (including phenoxy) is 1. The topological polar surface area (TPSA) is 53.1 Å². The number of methoxy groups -OCH3 is 1. The maximum Gasteiger partial charge on any atom is 0.201 e. The van der Waals surface area contributed by atoms with Crippen LogP contribution in [0.1, 0.15) is 19.3 Å². The van der Waals surface area contributed by atoms with Crippen molar-refractivity contribution in [2.24, 2.45) is 5.92 Å². The van der Waals surface area contributed by atoms with Gasteiger partial charge in [0.2, 0.25) is 5.95 Å². The van der Waals surface area contributed by atoms with E-state index in [9.17, 15) is 0 Å². The number of nitrogens with zero attached hydrogens (tertiary/aromatic N) is 2. The van der Waals surface area contributed by atoms with E-state index in [4.69, 9.17) is 10.5 Å². The van der Waals surface area contributed by atoms with Gasteiger partial charge in [-0.25, -0.2) is 4.98 Å². The lowest BCUT2D eigenvalue weighted by Crippen LogP contribution is -2.04. The number of hydrogen-bond acceptors (Lipinski definition) is 3. The van der Waals surface area contributed by atoms with Crippen LogP contribution in [0.2, 0.25) is 0 Å². The zero-order valence-electron chi connectivity index (χ0n) is 10.0. The Morgan fingerprint density at radius 2 is 2.29 bits per heavy atom. The van der Waals surface area contributed by atoms with Crippen molar-refractivity contribution in [2.45, 2.75) is 25.8 Å². The van der Waals surface area contributed by atoms with Crippen molar-refractivity contribution in [1.82, 2.24) is 9.55 Å². The minimum absolute atomic E-state index is 0.605. The number of fused-ring (bicyclic) bond motifs is 1. The highest BCUT2D eigenvalue weighted by Crippen LogP contribution is 2.33. The molecule has 1 aliphatic carbocycles. The van der Waals surface area contributed by atoms with Crippen LogP contribution in [0.15, 0.2) is 18.2 Å². The molecule has 2 aromatic rings. The first-order valence-electron chi connectivity index (χ1n) is 6.07. The summed E-state index contributed by atoms with van der Waals surface area (Å²) < 4.78 is 7.34. The van der Waals surface area contributed by atoms with E-state index in [0.717, 1.165) is 29.2 Å². The van der Waals surface area contributed by atoms with Crippen molar-refractivity contribution in [3.05, 3.63) is 18.2 Å². The first-order valence-corrected chi connectivity index (χ1v) is 6.07. The molecular weight excluding hydrogens is 214 g/mol. The first-order chi connectivity index (χ1) is 8.28. The fourth-order valence-electron chi connectivity index (χ4n) is 2.20. The molecule has 0 atom stereocenters.